The van der Waals surface area contributed by atoms with E-state index in [0.717, 1.165) is 6.42 Å². The van der Waals surface area contributed by atoms with Crippen molar-refractivity contribution in [3.8, 4) is 0 Å². The second kappa shape index (κ2) is 17.6. The van der Waals surface area contributed by atoms with Crippen LogP contribution in [0.2, 0.25) is 0 Å². The Morgan fingerprint density at radius 2 is 1.17 bits per heavy atom. The molecule has 1 atom stereocenters. The van der Waals surface area contributed by atoms with Gasteiger partial charge in [-0.1, -0.05) is 81.3 Å². The summed E-state index contributed by atoms with van der Waals surface area (Å²) in [5, 5.41) is 5.46. The maximum absolute atomic E-state index is 3.52. The monoisotopic (exact) mass is 668 g/mol. The predicted molar refractivity (Wildman–Crippen MR) is 172 cm³/mol. The summed E-state index contributed by atoms with van der Waals surface area (Å²) in [6.45, 7) is 10.9. The van der Waals surface area contributed by atoms with Gasteiger partial charge in [-0.15, -0.1) is 39.7 Å². The second-order valence-corrected chi connectivity index (χ2v) is 11.7. The third-order valence-corrected chi connectivity index (χ3v) is 8.88. The summed E-state index contributed by atoms with van der Waals surface area (Å²) < 4.78 is 1.42. The van der Waals surface area contributed by atoms with Crippen molar-refractivity contribution in [2.75, 3.05) is 0 Å². The fraction of sp³-hybridized carbons (Fsp3) is 0.231. The SMILES string of the molecule is CCC1=[C-]C(CC)C=C1CC.Cc1ccc2c(c1)[cH-]c1cc(C)ccc12.[Cl-].[Cl-].[Zr+2]=[C](c1ccccc1)c1ccccc1. The Kier molecular flexibility index (Phi) is 15.0. The van der Waals surface area contributed by atoms with Crippen molar-refractivity contribution in [3.63, 3.8) is 0 Å². The normalized spacial score (nSPS) is 13.5. The number of fused-ring (bicyclic) bond motifs is 3. The van der Waals surface area contributed by atoms with Crippen LogP contribution in [0.15, 0.2) is 120 Å². The predicted octanol–water partition coefficient (Wildman–Crippen LogP) is 4.64. The molecule has 1 unspecified atom stereocenters. The van der Waals surface area contributed by atoms with Crippen LogP contribution in [0, 0.1) is 25.8 Å². The first-order chi connectivity index (χ1) is 19.4. The van der Waals surface area contributed by atoms with E-state index in [1.165, 1.54) is 95.2 Å². The summed E-state index contributed by atoms with van der Waals surface area (Å²) in [4.78, 5) is 0. The Balaban J connectivity index is 0.000000218. The molecule has 0 N–H and O–H groups in total. The number of rotatable bonds is 5. The molecule has 0 aromatic heterocycles. The van der Waals surface area contributed by atoms with Crippen molar-refractivity contribution in [2.24, 2.45) is 5.92 Å². The number of hydrogen-bond acceptors (Lipinski definition) is 0. The fourth-order valence-electron chi connectivity index (χ4n) is 5.22. The zero-order valence-electron chi connectivity index (χ0n) is 25.3. The molecule has 0 saturated heterocycles. The number of benzene rings is 4. The molecule has 216 valence electrons. The third-order valence-electron chi connectivity index (χ3n) is 7.46. The second-order valence-electron chi connectivity index (χ2n) is 10.5. The van der Waals surface area contributed by atoms with Crippen LogP contribution in [0.1, 0.15) is 62.3 Å². The van der Waals surface area contributed by atoms with E-state index in [1.54, 1.807) is 0 Å². The fourth-order valence-corrected chi connectivity index (χ4v) is 6.04. The van der Waals surface area contributed by atoms with Gasteiger partial charge in [0.25, 0.3) is 0 Å². The van der Waals surface area contributed by atoms with Gasteiger partial charge in [-0.25, -0.2) is 5.57 Å². The van der Waals surface area contributed by atoms with Crippen molar-refractivity contribution < 1.29 is 49.0 Å². The summed E-state index contributed by atoms with van der Waals surface area (Å²) in [6.07, 6.45) is 9.41. The average molecular weight is 671 g/mol. The zero-order valence-corrected chi connectivity index (χ0v) is 29.3. The van der Waals surface area contributed by atoms with Gasteiger partial charge in [0.15, 0.2) is 0 Å². The molecular formula is C39H40Cl2Zr-2. The van der Waals surface area contributed by atoms with Gasteiger partial charge in [-0.2, -0.15) is 11.6 Å². The number of aryl methyl sites for hydroxylation is 2. The van der Waals surface area contributed by atoms with E-state index in [1.807, 2.05) is 0 Å². The van der Waals surface area contributed by atoms with Crippen molar-refractivity contribution in [1.29, 1.82) is 0 Å². The van der Waals surface area contributed by atoms with E-state index >= 15 is 0 Å². The Morgan fingerprint density at radius 1 is 0.690 bits per heavy atom. The van der Waals surface area contributed by atoms with E-state index in [9.17, 15) is 0 Å². The molecule has 0 spiro atoms. The topological polar surface area (TPSA) is 0 Å². The van der Waals surface area contributed by atoms with E-state index in [-0.39, 0.29) is 24.8 Å². The van der Waals surface area contributed by atoms with Crippen LogP contribution in [0.5, 0.6) is 0 Å². The molecule has 0 saturated carbocycles. The van der Waals surface area contributed by atoms with Crippen LogP contribution < -0.4 is 24.8 Å². The van der Waals surface area contributed by atoms with Crippen molar-refractivity contribution in [1.82, 2.24) is 0 Å². The molecule has 0 aliphatic heterocycles. The molecule has 3 heteroatoms. The van der Waals surface area contributed by atoms with Crippen LogP contribution in [0.25, 0.3) is 21.5 Å². The zero-order chi connectivity index (χ0) is 28.5. The van der Waals surface area contributed by atoms with Crippen LogP contribution >= 0.6 is 0 Å². The minimum atomic E-state index is 0. The van der Waals surface area contributed by atoms with Crippen LogP contribution in [-0.4, -0.2) is 3.21 Å². The van der Waals surface area contributed by atoms with E-state index < -0.39 is 0 Å². The first-order valence-electron chi connectivity index (χ1n) is 14.5. The quantitative estimate of drug-likeness (QED) is 0.239. The molecule has 42 heavy (non-hydrogen) atoms. The summed E-state index contributed by atoms with van der Waals surface area (Å²) in [7, 11) is 0. The molecule has 0 bridgehead atoms. The Morgan fingerprint density at radius 3 is 1.55 bits per heavy atom. The molecule has 6 rings (SSSR count). The summed E-state index contributed by atoms with van der Waals surface area (Å²) >= 11 is 1.46. The van der Waals surface area contributed by atoms with Gasteiger partial charge in [0.2, 0.25) is 0 Å². The molecule has 5 aromatic carbocycles. The minimum absolute atomic E-state index is 0. The van der Waals surface area contributed by atoms with Gasteiger partial charge in [-0.05, 0) is 13.8 Å². The molecule has 0 radical (unpaired) electrons. The molecule has 0 amide bonds. The van der Waals surface area contributed by atoms with Crippen LogP contribution in [0.3, 0.4) is 0 Å². The average Bonchev–Trinajstić information content (AvgIpc) is 3.58. The number of halogens is 2. The van der Waals surface area contributed by atoms with Gasteiger partial charge >= 0.3 is 99.2 Å². The Bertz CT molecular complexity index is 1510. The first-order valence-corrected chi connectivity index (χ1v) is 15.8. The van der Waals surface area contributed by atoms with Crippen LogP contribution in [-0.2, 0) is 24.2 Å². The molecule has 1 aliphatic rings. The molecule has 0 nitrogen and oxygen atoms in total. The van der Waals surface area contributed by atoms with Gasteiger partial charge in [0, 0.05) is 0 Å². The molecular weight excluding hydrogens is 631 g/mol. The van der Waals surface area contributed by atoms with Gasteiger partial charge in [0.1, 0.15) is 0 Å². The summed E-state index contributed by atoms with van der Waals surface area (Å²) in [6, 6.07) is 36.7. The van der Waals surface area contributed by atoms with E-state index in [0.29, 0.717) is 5.92 Å². The summed E-state index contributed by atoms with van der Waals surface area (Å²) in [5.41, 5.74) is 8.30. The first kappa shape index (κ1) is 35.8. The molecule has 0 heterocycles. The number of hydrogen-bond donors (Lipinski definition) is 0. The number of allylic oxidation sites excluding steroid dienone is 4. The maximum atomic E-state index is 3.52. The van der Waals surface area contributed by atoms with Crippen molar-refractivity contribution >= 4 is 24.8 Å². The summed E-state index contributed by atoms with van der Waals surface area (Å²) in [5.74, 6) is 0.611. The Hall–Kier alpha value is -2.44. The molecule has 0 fully saturated rings. The van der Waals surface area contributed by atoms with Crippen molar-refractivity contribution in [3.05, 3.63) is 149 Å². The van der Waals surface area contributed by atoms with Gasteiger partial charge in [0.05, 0.1) is 0 Å². The standard InChI is InChI=1S/C15H13.C13H10.C11H17.2ClH.Zr/c1-10-3-5-14-12(7-10)9-13-8-11(2)4-6-15(13)14;1-3-7-12(8-4-1)11-13-9-5-2-6-10-13;1-4-9-7-10(5-2)11(6-3)8-9;;;/h3-9H,1-2H3;1-10H;7,9H,4-6H2,1-3H3;2*1H;/q-1;;-1;;;+2/p-2. The third kappa shape index (κ3) is 9.28. The van der Waals surface area contributed by atoms with E-state index in [2.05, 4.69) is 150 Å². The Labute approximate surface area is 280 Å². The molecule has 5 aromatic rings. The van der Waals surface area contributed by atoms with E-state index in [4.69, 9.17) is 0 Å². The van der Waals surface area contributed by atoms with Gasteiger partial charge in [-0.3, -0.25) is 6.08 Å². The van der Waals surface area contributed by atoms with Gasteiger partial charge < -0.3 is 24.8 Å². The van der Waals surface area contributed by atoms with Crippen molar-refractivity contribution in [2.45, 2.75) is 53.9 Å². The van der Waals surface area contributed by atoms with Crippen LogP contribution in [0.4, 0.5) is 0 Å². The molecule has 1 aliphatic carbocycles.